The summed E-state index contributed by atoms with van der Waals surface area (Å²) in [5.74, 6) is -0.0629. The Labute approximate surface area is 136 Å². The molecule has 0 heterocycles. The molecular weight excluding hydrogens is 312 g/mol. The predicted molar refractivity (Wildman–Crippen MR) is 93.1 cm³/mol. The molecule has 0 saturated heterocycles. The van der Waals surface area contributed by atoms with Gasteiger partial charge in [-0.2, -0.15) is 0 Å². The Hall–Kier alpha value is -2.34. The molecule has 2 rings (SSSR count). The maximum atomic E-state index is 11.3. The van der Waals surface area contributed by atoms with Crippen LogP contribution in [0.2, 0.25) is 0 Å². The van der Waals surface area contributed by atoms with Crippen LogP contribution < -0.4 is 10.6 Å². The van der Waals surface area contributed by atoms with Gasteiger partial charge in [-0.15, -0.1) is 0 Å². The van der Waals surface area contributed by atoms with Gasteiger partial charge in [0.25, 0.3) is 0 Å². The summed E-state index contributed by atoms with van der Waals surface area (Å²) in [5.41, 5.74) is 3.46. The van der Waals surface area contributed by atoms with Crippen LogP contribution in [0.15, 0.2) is 48.5 Å². The van der Waals surface area contributed by atoms with Gasteiger partial charge in [0, 0.05) is 31.1 Å². The molecule has 2 N–H and O–H groups in total. The molecule has 122 valence electrons. The minimum Gasteiger partial charge on any atom is -0.381 e. The molecule has 0 bridgehead atoms. The molecule has 0 aromatic heterocycles. The zero-order valence-electron chi connectivity index (χ0n) is 13.2. The first-order valence-corrected chi connectivity index (χ1v) is 9.25. The third kappa shape index (κ3) is 6.12. The Morgan fingerprint density at radius 2 is 1.70 bits per heavy atom. The molecule has 0 fully saturated rings. The van der Waals surface area contributed by atoms with E-state index in [0.717, 1.165) is 22.5 Å². The SMILES string of the molecule is CC(=O)Nc1ccc(CNc2cccc(CS(C)(=O)=O)c2)cc1. The van der Waals surface area contributed by atoms with E-state index in [1.165, 1.54) is 13.2 Å². The third-order valence-corrected chi connectivity index (χ3v) is 3.98. The van der Waals surface area contributed by atoms with Crippen LogP contribution in [-0.2, 0) is 26.9 Å². The van der Waals surface area contributed by atoms with Crippen molar-refractivity contribution >= 4 is 27.1 Å². The zero-order valence-corrected chi connectivity index (χ0v) is 14.0. The Morgan fingerprint density at radius 3 is 2.30 bits per heavy atom. The normalized spacial score (nSPS) is 11.0. The van der Waals surface area contributed by atoms with Crippen molar-refractivity contribution in [1.29, 1.82) is 0 Å². The summed E-state index contributed by atoms with van der Waals surface area (Å²) >= 11 is 0. The lowest BCUT2D eigenvalue weighted by atomic mass is 10.2. The average molecular weight is 332 g/mol. The maximum absolute atomic E-state index is 11.3. The number of carbonyl (C=O) groups is 1. The van der Waals surface area contributed by atoms with Gasteiger partial charge in [-0.1, -0.05) is 24.3 Å². The van der Waals surface area contributed by atoms with Crippen LogP contribution in [0.1, 0.15) is 18.1 Å². The predicted octanol–water partition coefficient (Wildman–Crippen LogP) is 2.80. The van der Waals surface area contributed by atoms with Gasteiger partial charge >= 0.3 is 0 Å². The van der Waals surface area contributed by atoms with Crippen molar-refractivity contribution in [2.75, 3.05) is 16.9 Å². The van der Waals surface area contributed by atoms with Gasteiger partial charge in [0.1, 0.15) is 0 Å². The molecule has 0 radical (unpaired) electrons. The van der Waals surface area contributed by atoms with Crippen LogP contribution >= 0.6 is 0 Å². The summed E-state index contributed by atoms with van der Waals surface area (Å²) in [6.45, 7) is 2.08. The fourth-order valence-corrected chi connectivity index (χ4v) is 2.97. The molecule has 0 aliphatic rings. The first-order chi connectivity index (χ1) is 10.8. The highest BCUT2D eigenvalue weighted by molar-refractivity contribution is 7.89. The van der Waals surface area contributed by atoms with Crippen molar-refractivity contribution in [3.05, 3.63) is 59.7 Å². The van der Waals surface area contributed by atoms with Crippen molar-refractivity contribution in [2.24, 2.45) is 0 Å². The van der Waals surface area contributed by atoms with Gasteiger partial charge in [-0.25, -0.2) is 8.42 Å². The van der Waals surface area contributed by atoms with E-state index >= 15 is 0 Å². The van der Waals surface area contributed by atoms with Crippen LogP contribution in [0.25, 0.3) is 0 Å². The first kappa shape index (κ1) is 17.0. The standard InChI is InChI=1S/C17H20N2O3S/c1-13(20)19-16-8-6-14(7-9-16)11-18-17-5-3-4-15(10-17)12-23(2,21)22/h3-10,18H,11-12H2,1-2H3,(H,19,20). The Morgan fingerprint density at radius 1 is 1.00 bits per heavy atom. The van der Waals surface area contributed by atoms with Gasteiger partial charge in [-0.3, -0.25) is 4.79 Å². The van der Waals surface area contributed by atoms with E-state index in [4.69, 9.17) is 0 Å². The lowest BCUT2D eigenvalue weighted by Gasteiger charge is -2.09. The molecule has 0 spiro atoms. The van der Waals surface area contributed by atoms with E-state index in [1.807, 2.05) is 42.5 Å². The van der Waals surface area contributed by atoms with Gasteiger partial charge < -0.3 is 10.6 Å². The second-order valence-corrected chi connectivity index (χ2v) is 7.64. The van der Waals surface area contributed by atoms with Crippen LogP contribution in [0.3, 0.4) is 0 Å². The first-order valence-electron chi connectivity index (χ1n) is 7.19. The summed E-state index contributed by atoms with van der Waals surface area (Å²) in [7, 11) is -3.04. The molecular formula is C17H20N2O3S. The van der Waals surface area contributed by atoms with E-state index in [0.29, 0.717) is 6.54 Å². The van der Waals surface area contributed by atoms with Crippen molar-refractivity contribution in [3.63, 3.8) is 0 Å². The highest BCUT2D eigenvalue weighted by Crippen LogP contribution is 2.15. The summed E-state index contributed by atoms with van der Waals surface area (Å²) in [5, 5.41) is 5.98. The minimum atomic E-state index is -3.04. The number of hydrogen-bond donors (Lipinski definition) is 2. The number of hydrogen-bond acceptors (Lipinski definition) is 4. The number of nitrogens with one attached hydrogen (secondary N) is 2. The summed E-state index contributed by atoms with van der Waals surface area (Å²) in [4.78, 5) is 11.0. The van der Waals surface area contributed by atoms with Gasteiger partial charge in [0.2, 0.25) is 5.91 Å². The highest BCUT2D eigenvalue weighted by Gasteiger charge is 2.05. The quantitative estimate of drug-likeness (QED) is 0.853. The van der Waals surface area contributed by atoms with Crippen LogP contribution in [0.4, 0.5) is 11.4 Å². The Kier molecular flexibility index (Phi) is 5.39. The number of rotatable bonds is 6. The topological polar surface area (TPSA) is 75.3 Å². The third-order valence-electron chi connectivity index (χ3n) is 3.13. The largest absolute Gasteiger partial charge is 0.381 e. The highest BCUT2D eigenvalue weighted by atomic mass is 32.2. The Balaban J connectivity index is 1.98. The van der Waals surface area contributed by atoms with Crippen molar-refractivity contribution in [3.8, 4) is 0 Å². The summed E-state index contributed by atoms with van der Waals surface area (Å²) in [6.07, 6.45) is 1.23. The fraction of sp³-hybridized carbons (Fsp3) is 0.235. The Bertz CT molecular complexity index is 784. The van der Waals surface area contributed by atoms with E-state index in [-0.39, 0.29) is 11.7 Å². The molecule has 0 aliphatic carbocycles. The van der Waals surface area contributed by atoms with Crippen molar-refractivity contribution in [1.82, 2.24) is 0 Å². The number of carbonyl (C=O) groups excluding carboxylic acids is 1. The average Bonchev–Trinajstić information content (AvgIpc) is 2.44. The van der Waals surface area contributed by atoms with E-state index in [1.54, 1.807) is 6.07 Å². The lowest BCUT2D eigenvalue weighted by molar-refractivity contribution is -0.114. The molecule has 0 unspecified atom stereocenters. The van der Waals surface area contributed by atoms with Crippen LogP contribution in [0.5, 0.6) is 0 Å². The number of anilines is 2. The van der Waals surface area contributed by atoms with Crippen molar-refractivity contribution in [2.45, 2.75) is 19.2 Å². The second kappa shape index (κ2) is 7.28. The van der Waals surface area contributed by atoms with Gasteiger partial charge in [0.05, 0.1) is 5.75 Å². The lowest BCUT2D eigenvalue weighted by Crippen LogP contribution is -2.06. The summed E-state index contributed by atoms with van der Waals surface area (Å²) < 4.78 is 22.7. The molecule has 6 heteroatoms. The summed E-state index contributed by atoms with van der Waals surface area (Å²) in [6, 6.07) is 14.9. The second-order valence-electron chi connectivity index (χ2n) is 5.50. The molecule has 23 heavy (non-hydrogen) atoms. The monoisotopic (exact) mass is 332 g/mol. The number of benzene rings is 2. The van der Waals surface area contributed by atoms with E-state index < -0.39 is 9.84 Å². The van der Waals surface area contributed by atoms with E-state index in [2.05, 4.69) is 10.6 Å². The molecule has 0 atom stereocenters. The molecule has 0 aliphatic heterocycles. The fourth-order valence-electron chi connectivity index (χ4n) is 2.19. The smallest absolute Gasteiger partial charge is 0.221 e. The zero-order chi connectivity index (χ0) is 16.9. The van der Waals surface area contributed by atoms with Crippen LogP contribution in [-0.4, -0.2) is 20.6 Å². The van der Waals surface area contributed by atoms with Gasteiger partial charge in [-0.05, 0) is 35.4 Å². The molecule has 2 aromatic carbocycles. The van der Waals surface area contributed by atoms with E-state index in [9.17, 15) is 13.2 Å². The van der Waals surface area contributed by atoms with Gasteiger partial charge in [0.15, 0.2) is 9.84 Å². The molecule has 2 aromatic rings. The minimum absolute atomic E-state index is 0.0356. The molecule has 5 nitrogen and oxygen atoms in total. The van der Waals surface area contributed by atoms with Crippen LogP contribution in [0, 0.1) is 0 Å². The van der Waals surface area contributed by atoms with Crippen molar-refractivity contribution < 1.29 is 13.2 Å². The number of sulfone groups is 1. The molecule has 1 amide bonds. The molecule has 0 saturated carbocycles. The number of amides is 1. The maximum Gasteiger partial charge on any atom is 0.221 e.